The SMILES string of the molecule is CCC(=O)O.CCC1=NOc2ccccc2C1. The van der Waals surface area contributed by atoms with Crippen LogP contribution in [0.4, 0.5) is 0 Å². The van der Waals surface area contributed by atoms with Crippen LogP contribution in [-0.2, 0) is 11.2 Å². The van der Waals surface area contributed by atoms with E-state index in [1.54, 1.807) is 6.92 Å². The number of fused-ring (bicyclic) bond motifs is 1. The maximum atomic E-state index is 9.37. The number of rotatable bonds is 2. The number of para-hydroxylation sites is 1. The molecule has 1 aliphatic heterocycles. The van der Waals surface area contributed by atoms with Crippen molar-refractivity contribution in [1.82, 2.24) is 0 Å². The molecule has 92 valence electrons. The Hall–Kier alpha value is -1.84. The lowest BCUT2D eigenvalue weighted by atomic mass is 10.1. The summed E-state index contributed by atoms with van der Waals surface area (Å²) in [5.41, 5.74) is 2.36. The fourth-order valence-corrected chi connectivity index (χ4v) is 1.29. The molecular weight excluding hydrogens is 218 g/mol. The summed E-state index contributed by atoms with van der Waals surface area (Å²) < 4.78 is 0. The van der Waals surface area contributed by atoms with Crippen molar-refractivity contribution in [2.75, 3.05) is 0 Å². The van der Waals surface area contributed by atoms with Gasteiger partial charge in [-0.3, -0.25) is 4.79 Å². The molecule has 17 heavy (non-hydrogen) atoms. The predicted octanol–water partition coefficient (Wildman–Crippen LogP) is 2.87. The van der Waals surface area contributed by atoms with E-state index in [4.69, 9.17) is 9.94 Å². The third-order valence-electron chi connectivity index (χ3n) is 2.35. The third-order valence-corrected chi connectivity index (χ3v) is 2.35. The fourth-order valence-electron chi connectivity index (χ4n) is 1.29. The van der Waals surface area contributed by atoms with E-state index in [0.717, 1.165) is 24.3 Å². The number of aliphatic carboxylic acids is 1. The second-order valence-electron chi connectivity index (χ2n) is 3.63. The molecule has 1 heterocycles. The summed E-state index contributed by atoms with van der Waals surface area (Å²) >= 11 is 0. The number of carboxylic acid groups (broad SMARTS) is 1. The van der Waals surface area contributed by atoms with Gasteiger partial charge >= 0.3 is 5.97 Å². The van der Waals surface area contributed by atoms with Gasteiger partial charge in [-0.25, -0.2) is 0 Å². The van der Waals surface area contributed by atoms with Crippen molar-refractivity contribution in [2.45, 2.75) is 33.1 Å². The Bertz CT molecular complexity index is 413. The van der Waals surface area contributed by atoms with Gasteiger partial charge in [0.25, 0.3) is 0 Å². The van der Waals surface area contributed by atoms with Gasteiger partial charge in [-0.05, 0) is 12.5 Å². The van der Waals surface area contributed by atoms with Crippen LogP contribution in [0.25, 0.3) is 0 Å². The first-order chi connectivity index (χ1) is 8.17. The van der Waals surface area contributed by atoms with E-state index < -0.39 is 5.97 Å². The van der Waals surface area contributed by atoms with E-state index in [-0.39, 0.29) is 6.42 Å². The summed E-state index contributed by atoms with van der Waals surface area (Å²) in [5.74, 6) is 0.153. The van der Waals surface area contributed by atoms with Crippen molar-refractivity contribution in [2.24, 2.45) is 5.16 Å². The number of nitrogens with zero attached hydrogens (tertiary/aromatic N) is 1. The van der Waals surface area contributed by atoms with E-state index in [2.05, 4.69) is 18.1 Å². The lowest BCUT2D eigenvalue weighted by Crippen LogP contribution is -2.10. The molecule has 0 aliphatic carbocycles. The molecule has 0 spiro atoms. The number of benzene rings is 1. The van der Waals surface area contributed by atoms with E-state index in [1.807, 2.05) is 18.2 Å². The van der Waals surface area contributed by atoms with Crippen LogP contribution in [0, 0.1) is 0 Å². The van der Waals surface area contributed by atoms with Crippen molar-refractivity contribution >= 4 is 11.7 Å². The molecule has 0 unspecified atom stereocenters. The van der Waals surface area contributed by atoms with Crippen molar-refractivity contribution in [3.8, 4) is 5.75 Å². The number of hydrogen-bond donors (Lipinski definition) is 1. The Morgan fingerprint density at radius 1 is 1.41 bits per heavy atom. The van der Waals surface area contributed by atoms with Crippen molar-refractivity contribution in [3.63, 3.8) is 0 Å². The van der Waals surface area contributed by atoms with Crippen molar-refractivity contribution < 1.29 is 14.7 Å². The van der Waals surface area contributed by atoms with Gasteiger partial charge in [0.15, 0.2) is 5.75 Å². The van der Waals surface area contributed by atoms with Crippen LogP contribution in [0.5, 0.6) is 5.75 Å². The normalized spacial score (nSPS) is 12.5. The lowest BCUT2D eigenvalue weighted by Gasteiger charge is -2.13. The minimum absolute atomic E-state index is 0.222. The first-order valence-electron chi connectivity index (χ1n) is 5.69. The van der Waals surface area contributed by atoms with Gasteiger partial charge in [0.2, 0.25) is 0 Å². The highest BCUT2D eigenvalue weighted by Gasteiger charge is 2.11. The standard InChI is InChI=1S/C10H11NO.C3H6O2/c1-2-9-7-8-5-3-4-6-10(8)12-11-9;1-2-3(4)5/h3-6H,2,7H2,1H3;2H2,1H3,(H,4,5). The van der Waals surface area contributed by atoms with Crippen LogP contribution < -0.4 is 4.84 Å². The average Bonchev–Trinajstić information content (AvgIpc) is 2.38. The summed E-state index contributed by atoms with van der Waals surface area (Å²) in [4.78, 5) is 14.6. The van der Waals surface area contributed by atoms with E-state index in [0.29, 0.717) is 0 Å². The highest BCUT2D eigenvalue weighted by Crippen LogP contribution is 2.23. The largest absolute Gasteiger partial charge is 0.481 e. The Morgan fingerprint density at radius 3 is 2.65 bits per heavy atom. The highest BCUT2D eigenvalue weighted by molar-refractivity contribution is 5.87. The van der Waals surface area contributed by atoms with E-state index in [9.17, 15) is 4.79 Å². The fraction of sp³-hybridized carbons (Fsp3) is 0.385. The van der Waals surface area contributed by atoms with Crippen LogP contribution in [0.3, 0.4) is 0 Å². The molecule has 0 saturated heterocycles. The molecule has 0 amide bonds. The molecule has 0 radical (unpaired) electrons. The van der Waals surface area contributed by atoms with Gasteiger partial charge in [-0.2, -0.15) is 0 Å². The molecule has 4 nitrogen and oxygen atoms in total. The second-order valence-corrected chi connectivity index (χ2v) is 3.63. The molecule has 0 atom stereocenters. The molecule has 0 aromatic heterocycles. The number of oxime groups is 1. The van der Waals surface area contributed by atoms with Gasteiger partial charge in [-0.15, -0.1) is 0 Å². The van der Waals surface area contributed by atoms with Crippen LogP contribution in [0.2, 0.25) is 0 Å². The van der Waals surface area contributed by atoms with Gasteiger partial charge < -0.3 is 9.94 Å². The van der Waals surface area contributed by atoms with Crippen LogP contribution in [0.1, 0.15) is 32.3 Å². The van der Waals surface area contributed by atoms with Gasteiger partial charge in [0.1, 0.15) is 0 Å². The molecule has 0 bridgehead atoms. The van der Waals surface area contributed by atoms with E-state index >= 15 is 0 Å². The quantitative estimate of drug-likeness (QED) is 0.857. The monoisotopic (exact) mass is 235 g/mol. The molecular formula is C13H17NO3. The number of carbonyl (C=O) groups is 1. The molecule has 0 saturated carbocycles. The zero-order valence-corrected chi connectivity index (χ0v) is 10.1. The topological polar surface area (TPSA) is 58.9 Å². The minimum Gasteiger partial charge on any atom is -0.481 e. The Morgan fingerprint density at radius 2 is 2.06 bits per heavy atom. The first kappa shape index (κ1) is 13.2. The first-order valence-corrected chi connectivity index (χ1v) is 5.69. The lowest BCUT2D eigenvalue weighted by molar-refractivity contribution is -0.136. The minimum atomic E-state index is -0.745. The molecule has 2 rings (SSSR count). The van der Waals surface area contributed by atoms with E-state index in [1.165, 1.54) is 5.56 Å². The van der Waals surface area contributed by atoms with Crippen LogP contribution >= 0.6 is 0 Å². The Kier molecular flexibility index (Phi) is 5.20. The van der Waals surface area contributed by atoms with Crippen molar-refractivity contribution in [1.29, 1.82) is 0 Å². The summed E-state index contributed by atoms with van der Waals surface area (Å²) in [6.45, 7) is 3.69. The molecule has 1 aliphatic rings. The number of carboxylic acids is 1. The van der Waals surface area contributed by atoms with Gasteiger partial charge in [0, 0.05) is 18.4 Å². The Balaban J connectivity index is 0.000000249. The summed E-state index contributed by atoms with van der Waals surface area (Å²) in [5, 5.41) is 11.7. The van der Waals surface area contributed by atoms with Gasteiger partial charge in [0.05, 0.1) is 5.71 Å². The second kappa shape index (κ2) is 6.68. The summed E-state index contributed by atoms with van der Waals surface area (Å²) in [7, 11) is 0. The third kappa shape index (κ3) is 4.26. The van der Waals surface area contributed by atoms with Gasteiger partial charge in [-0.1, -0.05) is 37.2 Å². The molecule has 1 aromatic rings. The Labute approximate surface area is 101 Å². The maximum Gasteiger partial charge on any atom is 0.303 e. The molecule has 4 heteroatoms. The maximum absolute atomic E-state index is 9.37. The summed E-state index contributed by atoms with van der Waals surface area (Å²) in [6, 6.07) is 8.02. The zero-order valence-electron chi connectivity index (χ0n) is 10.1. The highest BCUT2D eigenvalue weighted by atomic mass is 16.6. The molecule has 1 aromatic carbocycles. The predicted molar refractivity (Wildman–Crippen MR) is 66.4 cm³/mol. The smallest absolute Gasteiger partial charge is 0.303 e. The summed E-state index contributed by atoms with van der Waals surface area (Å²) in [6.07, 6.45) is 2.13. The molecule has 0 fully saturated rings. The zero-order chi connectivity index (χ0) is 12.7. The average molecular weight is 235 g/mol. The van der Waals surface area contributed by atoms with Crippen LogP contribution in [0.15, 0.2) is 29.4 Å². The molecule has 1 N–H and O–H groups in total. The van der Waals surface area contributed by atoms with Crippen molar-refractivity contribution in [3.05, 3.63) is 29.8 Å². The number of hydrogen-bond acceptors (Lipinski definition) is 3. The van der Waals surface area contributed by atoms with Crippen LogP contribution in [-0.4, -0.2) is 16.8 Å².